The zero-order valence-corrected chi connectivity index (χ0v) is 20.0. The van der Waals surface area contributed by atoms with Crippen LogP contribution >= 0.6 is 0 Å². The molecule has 0 aromatic heterocycles. The monoisotopic (exact) mass is 491 g/mol. The summed E-state index contributed by atoms with van der Waals surface area (Å²) in [5.74, 6) is -0.974. The van der Waals surface area contributed by atoms with Gasteiger partial charge in [0.2, 0.25) is 5.91 Å². The van der Waals surface area contributed by atoms with Gasteiger partial charge >= 0.3 is 12.2 Å². The van der Waals surface area contributed by atoms with E-state index in [1.807, 2.05) is 60.7 Å². The van der Waals surface area contributed by atoms with Crippen molar-refractivity contribution in [2.24, 2.45) is 0 Å². The first-order chi connectivity index (χ1) is 17.3. The molecule has 3 amide bonds. The first kappa shape index (κ1) is 24.7. The number of amides is 3. The Balaban J connectivity index is 1.56. The summed E-state index contributed by atoms with van der Waals surface area (Å²) in [7, 11) is 1.52. The van der Waals surface area contributed by atoms with Crippen LogP contribution in [0.4, 0.5) is 25.4 Å². The van der Waals surface area contributed by atoms with Crippen molar-refractivity contribution >= 4 is 29.5 Å². The fourth-order valence-corrected chi connectivity index (χ4v) is 3.76. The lowest BCUT2D eigenvalue weighted by Gasteiger charge is -2.24. The molecule has 0 N–H and O–H groups in total. The second-order valence-electron chi connectivity index (χ2n) is 8.33. The minimum absolute atomic E-state index is 0.00522. The molecule has 8 nitrogen and oxygen atoms in total. The summed E-state index contributed by atoms with van der Waals surface area (Å²) in [6.45, 7) is 1.54. The van der Waals surface area contributed by atoms with Crippen LogP contribution in [0.3, 0.4) is 0 Å². The molecule has 1 aliphatic rings. The molecule has 4 rings (SSSR count). The van der Waals surface area contributed by atoms with Crippen molar-refractivity contribution in [1.29, 1.82) is 0 Å². The number of anilines is 2. The van der Waals surface area contributed by atoms with Gasteiger partial charge in [-0.15, -0.1) is 0 Å². The van der Waals surface area contributed by atoms with Crippen molar-refractivity contribution in [2.45, 2.75) is 26.3 Å². The molecule has 0 saturated carbocycles. The molecule has 1 saturated heterocycles. The second-order valence-corrected chi connectivity index (χ2v) is 8.33. The average molecular weight is 492 g/mol. The number of hydrogen-bond acceptors (Lipinski definition) is 5. The lowest BCUT2D eigenvalue weighted by molar-refractivity contribution is -0.134. The van der Waals surface area contributed by atoms with Crippen molar-refractivity contribution in [1.82, 2.24) is 4.90 Å². The lowest BCUT2D eigenvalue weighted by Crippen LogP contribution is -2.38. The van der Waals surface area contributed by atoms with E-state index >= 15 is 4.39 Å². The highest BCUT2D eigenvalue weighted by atomic mass is 19.1. The van der Waals surface area contributed by atoms with E-state index < -0.39 is 24.2 Å². The highest BCUT2D eigenvalue weighted by Gasteiger charge is 2.36. The number of nitrogens with zero attached hydrogens (tertiary/aromatic N) is 3. The molecule has 1 unspecified atom stereocenters. The van der Waals surface area contributed by atoms with E-state index in [1.165, 1.54) is 40.8 Å². The molecular formula is C27H26FN3O5. The molecule has 1 aliphatic heterocycles. The van der Waals surface area contributed by atoms with E-state index in [9.17, 15) is 14.4 Å². The van der Waals surface area contributed by atoms with Crippen molar-refractivity contribution in [3.05, 3.63) is 95.8 Å². The summed E-state index contributed by atoms with van der Waals surface area (Å²) >= 11 is 0. The number of ether oxygens (including phenoxy) is 2. The molecule has 186 valence electrons. The van der Waals surface area contributed by atoms with Crippen molar-refractivity contribution in [3.63, 3.8) is 0 Å². The molecule has 9 heteroatoms. The second kappa shape index (κ2) is 10.9. The molecule has 0 radical (unpaired) electrons. The van der Waals surface area contributed by atoms with Crippen LogP contribution in [-0.2, 0) is 27.4 Å². The zero-order valence-electron chi connectivity index (χ0n) is 20.0. The van der Waals surface area contributed by atoms with Gasteiger partial charge < -0.3 is 14.4 Å². The van der Waals surface area contributed by atoms with Crippen molar-refractivity contribution < 1.29 is 28.2 Å². The minimum atomic E-state index is -0.778. The number of carbonyl (C=O) groups is 3. The van der Waals surface area contributed by atoms with Gasteiger partial charge in [0.15, 0.2) is 6.23 Å². The maximum absolute atomic E-state index is 15.4. The van der Waals surface area contributed by atoms with Crippen LogP contribution in [0, 0.1) is 5.82 Å². The lowest BCUT2D eigenvalue weighted by atomic mass is 10.2. The van der Waals surface area contributed by atoms with Gasteiger partial charge in [-0.2, -0.15) is 0 Å². The fourth-order valence-electron chi connectivity index (χ4n) is 3.76. The Hall–Kier alpha value is -4.40. The van der Waals surface area contributed by atoms with Gasteiger partial charge in [0.25, 0.3) is 0 Å². The first-order valence-electron chi connectivity index (χ1n) is 11.4. The van der Waals surface area contributed by atoms with E-state index in [0.29, 0.717) is 0 Å². The van der Waals surface area contributed by atoms with Crippen LogP contribution in [0.2, 0.25) is 0 Å². The van der Waals surface area contributed by atoms with Gasteiger partial charge in [-0.25, -0.2) is 14.0 Å². The molecule has 0 spiro atoms. The van der Waals surface area contributed by atoms with Gasteiger partial charge in [0.05, 0.1) is 24.5 Å². The molecule has 3 aromatic rings. The van der Waals surface area contributed by atoms with Crippen LogP contribution in [0.15, 0.2) is 78.9 Å². The third-order valence-electron chi connectivity index (χ3n) is 5.87. The number of benzene rings is 3. The molecule has 1 heterocycles. The Morgan fingerprint density at radius 1 is 1.03 bits per heavy atom. The maximum Gasteiger partial charge on any atom is 0.416 e. The largest absolute Gasteiger partial charge is 0.444 e. The fraction of sp³-hybridized carbons (Fsp3) is 0.222. The standard InChI is InChI=1S/C27H26FN3O5/c1-19(32)29(2)25-17-30(27(34)36-25)22-13-14-24(23(28)15-22)31(16-20-9-5-3-6-10-20)26(33)35-18-21-11-7-4-8-12-21/h3-15,25H,16-18H2,1-2H3. The Morgan fingerprint density at radius 2 is 1.67 bits per heavy atom. The Kier molecular flexibility index (Phi) is 7.48. The van der Waals surface area contributed by atoms with Gasteiger partial charge in [-0.1, -0.05) is 60.7 Å². The summed E-state index contributed by atoms with van der Waals surface area (Å²) in [5.41, 5.74) is 1.85. The Bertz CT molecular complexity index is 1240. The summed E-state index contributed by atoms with van der Waals surface area (Å²) < 4.78 is 26.1. The topological polar surface area (TPSA) is 79.4 Å². The molecule has 36 heavy (non-hydrogen) atoms. The maximum atomic E-state index is 15.4. The predicted octanol–water partition coefficient (Wildman–Crippen LogP) is 4.93. The average Bonchev–Trinajstić information content (AvgIpc) is 3.28. The van der Waals surface area contributed by atoms with Gasteiger partial charge in [0.1, 0.15) is 12.4 Å². The number of halogens is 1. The number of carbonyl (C=O) groups excluding carboxylic acids is 3. The van der Waals surface area contributed by atoms with Gasteiger partial charge in [0, 0.05) is 14.0 Å². The summed E-state index contributed by atoms with van der Waals surface area (Å²) in [6, 6.07) is 22.5. The Labute approximate surface area is 208 Å². The number of likely N-dealkylation sites (N-methyl/N-ethyl adjacent to an activating group) is 1. The highest BCUT2D eigenvalue weighted by molar-refractivity contribution is 5.92. The van der Waals surface area contributed by atoms with Crippen LogP contribution in [0.25, 0.3) is 0 Å². The van der Waals surface area contributed by atoms with Crippen LogP contribution < -0.4 is 9.80 Å². The molecule has 1 fully saturated rings. The van der Waals surface area contributed by atoms with E-state index in [1.54, 1.807) is 0 Å². The first-order valence-corrected chi connectivity index (χ1v) is 11.4. The van der Waals surface area contributed by atoms with E-state index in [-0.39, 0.29) is 37.0 Å². The highest BCUT2D eigenvalue weighted by Crippen LogP contribution is 2.30. The van der Waals surface area contributed by atoms with Crippen LogP contribution in [0.1, 0.15) is 18.1 Å². The third-order valence-corrected chi connectivity index (χ3v) is 5.87. The number of hydrogen-bond donors (Lipinski definition) is 0. The van der Waals surface area contributed by atoms with E-state index in [2.05, 4.69) is 0 Å². The van der Waals surface area contributed by atoms with E-state index in [4.69, 9.17) is 9.47 Å². The number of cyclic esters (lactones) is 1. The molecule has 0 bridgehead atoms. The predicted molar refractivity (Wildman–Crippen MR) is 132 cm³/mol. The molecular weight excluding hydrogens is 465 g/mol. The van der Waals surface area contributed by atoms with Gasteiger partial charge in [-0.05, 0) is 29.3 Å². The zero-order chi connectivity index (χ0) is 25.7. The van der Waals surface area contributed by atoms with Crippen LogP contribution in [-0.4, -0.2) is 42.8 Å². The van der Waals surface area contributed by atoms with Crippen molar-refractivity contribution in [2.75, 3.05) is 23.4 Å². The molecule has 0 aliphatic carbocycles. The van der Waals surface area contributed by atoms with Crippen molar-refractivity contribution in [3.8, 4) is 0 Å². The summed E-state index contributed by atoms with van der Waals surface area (Å²) in [6.07, 6.45) is -2.18. The quantitative estimate of drug-likeness (QED) is 0.468. The Morgan fingerprint density at radius 3 is 2.28 bits per heavy atom. The van der Waals surface area contributed by atoms with Crippen LogP contribution in [0.5, 0.6) is 0 Å². The van der Waals surface area contributed by atoms with Gasteiger partial charge in [-0.3, -0.25) is 14.6 Å². The third kappa shape index (κ3) is 5.63. The summed E-state index contributed by atoms with van der Waals surface area (Å²) in [4.78, 5) is 40.8. The SMILES string of the molecule is CC(=O)N(C)C1CN(c2ccc(N(Cc3ccccc3)C(=O)OCc3ccccc3)c(F)c2)C(=O)O1. The van der Waals surface area contributed by atoms with E-state index in [0.717, 1.165) is 17.2 Å². The molecule has 3 aromatic carbocycles. The number of rotatable bonds is 7. The summed E-state index contributed by atoms with van der Waals surface area (Å²) in [5, 5.41) is 0. The minimum Gasteiger partial charge on any atom is -0.444 e. The normalized spacial score (nSPS) is 14.8. The molecule has 1 atom stereocenters. The smallest absolute Gasteiger partial charge is 0.416 e.